The first-order chi connectivity index (χ1) is 20.1. The molecule has 1 N–H and O–H groups in total. The van der Waals surface area contributed by atoms with Crippen molar-refractivity contribution in [3.63, 3.8) is 0 Å². The number of fused-ring (bicyclic) bond motifs is 1. The number of azo groups is 1. The predicted molar refractivity (Wildman–Crippen MR) is 174 cm³/mol. The standard InChI is InChI=1S/C35H50N2O3S/c1-3-4-5-6-7-8-9-10-11-12-13-14-15-16-17-20-27-41(39)33-28-29-21-18-19-22-32(29)34(35(33)38)37-36-30-23-25-31(40-2)26-24-30/h18-19,21-26,28,38H,3-17,20,27H2,1-2H3/b37-36+. The average Bonchev–Trinajstić information content (AvgIpc) is 3.00. The van der Waals surface area contributed by atoms with Crippen LogP contribution in [0.15, 0.2) is 69.7 Å². The molecule has 6 heteroatoms. The van der Waals surface area contributed by atoms with Gasteiger partial charge in [0.05, 0.1) is 12.8 Å². The second-order valence-electron chi connectivity index (χ2n) is 11.0. The van der Waals surface area contributed by atoms with Crippen molar-refractivity contribution in [3.8, 4) is 11.5 Å². The van der Waals surface area contributed by atoms with Crippen LogP contribution in [0.3, 0.4) is 0 Å². The van der Waals surface area contributed by atoms with Crippen LogP contribution in [0.5, 0.6) is 11.5 Å². The zero-order valence-electron chi connectivity index (χ0n) is 25.3. The number of hydrogen-bond donors (Lipinski definition) is 1. The van der Waals surface area contributed by atoms with Crippen molar-refractivity contribution in [3.05, 3.63) is 54.6 Å². The van der Waals surface area contributed by atoms with Gasteiger partial charge in [-0.3, -0.25) is 0 Å². The molecule has 0 aromatic heterocycles. The molecular weight excluding hydrogens is 528 g/mol. The molecule has 0 saturated heterocycles. The van der Waals surface area contributed by atoms with Crippen molar-refractivity contribution in [1.29, 1.82) is 0 Å². The molecule has 0 aliphatic heterocycles. The van der Waals surface area contributed by atoms with Crippen LogP contribution in [-0.2, 0) is 11.2 Å². The van der Waals surface area contributed by atoms with Crippen molar-refractivity contribution < 1.29 is 14.4 Å². The molecule has 0 amide bonds. The van der Waals surface area contributed by atoms with Gasteiger partial charge in [-0.05, 0) is 53.7 Å². The number of ether oxygens (including phenoxy) is 1. The van der Waals surface area contributed by atoms with Gasteiger partial charge < -0.3 is 14.4 Å². The first-order valence-electron chi connectivity index (χ1n) is 15.8. The minimum absolute atomic E-state index is 0.0456. The number of hydrogen-bond acceptors (Lipinski definition) is 5. The summed E-state index contributed by atoms with van der Waals surface area (Å²) in [7, 11) is 1.62. The highest BCUT2D eigenvalue weighted by Gasteiger charge is 2.22. The van der Waals surface area contributed by atoms with Crippen molar-refractivity contribution in [2.45, 2.75) is 115 Å². The first-order valence-corrected chi connectivity index (χ1v) is 17.1. The van der Waals surface area contributed by atoms with Crippen LogP contribution in [-0.4, -0.2) is 22.5 Å². The van der Waals surface area contributed by atoms with Gasteiger partial charge in [-0.25, -0.2) is 0 Å². The number of unbranched alkanes of at least 4 members (excludes halogenated alkanes) is 15. The summed E-state index contributed by atoms with van der Waals surface area (Å²) in [6, 6.07) is 16.8. The molecule has 3 aromatic carbocycles. The van der Waals surface area contributed by atoms with Gasteiger partial charge in [-0.1, -0.05) is 121 Å². The van der Waals surface area contributed by atoms with E-state index in [1.165, 1.54) is 89.9 Å². The Morgan fingerprint density at radius 2 is 1.24 bits per heavy atom. The molecule has 5 nitrogen and oxygen atoms in total. The van der Waals surface area contributed by atoms with Crippen molar-refractivity contribution in [1.82, 2.24) is 0 Å². The molecule has 0 fully saturated rings. The topological polar surface area (TPSA) is 77.2 Å². The van der Waals surface area contributed by atoms with Gasteiger partial charge >= 0.3 is 0 Å². The van der Waals surface area contributed by atoms with E-state index in [-0.39, 0.29) is 5.75 Å². The Morgan fingerprint density at radius 1 is 0.707 bits per heavy atom. The fraction of sp³-hybridized carbons (Fsp3) is 0.543. The van der Waals surface area contributed by atoms with E-state index in [1.54, 1.807) is 19.2 Å². The summed E-state index contributed by atoms with van der Waals surface area (Å²) in [5, 5.41) is 21.5. The molecular formula is C35H50N2O3S. The van der Waals surface area contributed by atoms with E-state index in [0.717, 1.165) is 29.4 Å². The van der Waals surface area contributed by atoms with Crippen LogP contribution in [0.4, 0.5) is 11.4 Å². The molecule has 0 spiro atoms. The Kier molecular flexibility index (Phi) is 15.7. The van der Waals surface area contributed by atoms with Crippen LogP contribution in [0.25, 0.3) is 10.8 Å². The maximum Gasteiger partial charge on any atom is 0.199 e. The number of methoxy groups -OCH3 is 1. The molecule has 0 bridgehead atoms. The lowest BCUT2D eigenvalue weighted by molar-refractivity contribution is 0.415. The Morgan fingerprint density at radius 3 is 1.80 bits per heavy atom. The van der Waals surface area contributed by atoms with Crippen LogP contribution in [0.2, 0.25) is 0 Å². The molecule has 3 aromatic rings. The summed E-state index contributed by atoms with van der Waals surface area (Å²) < 4.78 is 18.4. The fourth-order valence-corrected chi connectivity index (χ4v) is 6.47. The number of phenolic OH excluding ortho intramolecular Hbond substituents is 1. The number of phenols is 1. The smallest absolute Gasteiger partial charge is 0.199 e. The van der Waals surface area contributed by atoms with Gasteiger partial charge in [0, 0.05) is 11.5 Å². The van der Waals surface area contributed by atoms with Gasteiger partial charge in [0.15, 0.2) is 10.6 Å². The quantitative estimate of drug-likeness (QED) is 0.0775. The average molecular weight is 579 g/mol. The Bertz CT molecular complexity index is 1170. The second-order valence-corrected chi connectivity index (χ2v) is 12.6. The van der Waals surface area contributed by atoms with E-state index < -0.39 is 11.2 Å². The van der Waals surface area contributed by atoms with E-state index >= 15 is 0 Å². The van der Waals surface area contributed by atoms with Gasteiger partial charge in [-0.15, -0.1) is 5.11 Å². The third-order valence-corrected chi connectivity index (χ3v) is 9.19. The zero-order valence-corrected chi connectivity index (χ0v) is 26.1. The summed E-state index contributed by atoms with van der Waals surface area (Å²) in [6.07, 6.45) is 21.0. The van der Waals surface area contributed by atoms with Crippen molar-refractivity contribution >= 4 is 33.3 Å². The van der Waals surface area contributed by atoms with E-state index in [9.17, 15) is 9.66 Å². The molecule has 0 saturated carbocycles. The summed E-state index contributed by atoms with van der Waals surface area (Å²) >= 11 is -1.30. The SMILES string of the molecule is CCCCCCCCCCCCCCCCCC[S+]([O-])c1cc2ccccc2c(/N=N/c2ccc(OC)cc2)c1O. The van der Waals surface area contributed by atoms with Crippen LogP contribution >= 0.6 is 0 Å². The maximum absolute atomic E-state index is 13.2. The fourth-order valence-electron chi connectivity index (χ4n) is 5.21. The molecule has 224 valence electrons. The molecule has 0 heterocycles. The van der Waals surface area contributed by atoms with Gasteiger partial charge in [-0.2, -0.15) is 5.11 Å². The van der Waals surface area contributed by atoms with Crippen LogP contribution in [0.1, 0.15) is 110 Å². The largest absolute Gasteiger partial charge is 0.611 e. The highest BCUT2D eigenvalue weighted by molar-refractivity contribution is 7.91. The summed E-state index contributed by atoms with van der Waals surface area (Å²) in [4.78, 5) is 0.438. The Labute approximate surface area is 251 Å². The summed E-state index contributed by atoms with van der Waals surface area (Å²) in [6.45, 7) is 2.28. The monoisotopic (exact) mass is 578 g/mol. The second kappa shape index (κ2) is 19.5. The number of aromatic hydroxyl groups is 1. The summed E-state index contributed by atoms with van der Waals surface area (Å²) in [5.74, 6) is 1.24. The van der Waals surface area contributed by atoms with Crippen molar-refractivity contribution in [2.24, 2.45) is 10.2 Å². The minimum Gasteiger partial charge on any atom is -0.611 e. The molecule has 3 rings (SSSR count). The van der Waals surface area contributed by atoms with E-state index in [1.807, 2.05) is 42.5 Å². The molecule has 1 atom stereocenters. The summed E-state index contributed by atoms with van der Waals surface area (Å²) in [5.41, 5.74) is 1.00. The molecule has 1 unspecified atom stereocenters. The highest BCUT2D eigenvalue weighted by atomic mass is 32.2. The van der Waals surface area contributed by atoms with Gasteiger partial charge in [0.1, 0.15) is 17.2 Å². The normalized spacial score (nSPS) is 12.4. The van der Waals surface area contributed by atoms with Crippen LogP contribution in [0, 0.1) is 0 Å². The number of nitrogens with zero attached hydrogens (tertiary/aromatic N) is 2. The molecule has 0 aliphatic rings. The van der Waals surface area contributed by atoms with Crippen LogP contribution < -0.4 is 4.74 Å². The third kappa shape index (κ3) is 11.7. The number of benzene rings is 3. The predicted octanol–water partition coefficient (Wildman–Crippen LogP) is 11.3. The third-order valence-electron chi connectivity index (χ3n) is 7.73. The zero-order chi connectivity index (χ0) is 29.1. The molecule has 0 radical (unpaired) electrons. The van der Waals surface area contributed by atoms with E-state index in [0.29, 0.717) is 22.0 Å². The van der Waals surface area contributed by atoms with Gasteiger partial charge in [0.2, 0.25) is 0 Å². The number of rotatable bonds is 21. The first kappa shape index (κ1) is 32.9. The Hall–Kier alpha value is -2.57. The van der Waals surface area contributed by atoms with E-state index in [2.05, 4.69) is 17.2 Å². The lowest BCUT2D eigenvalue weighted by atomic mass is 10.0. The Balaban J connectivity index is 1.38. The maximum atomic E-state index is 13.2. The molecule has 0 aliphatic carbocycles. The lowest BCUT2D eigenvalue weighted by Crippen LogP contribution is -2.07. The van der Waals surface area contributed by atoms with Gasteiger partial charge in [0.25, 0.3) is 0 Å². The minimum atomic E-state index is -1.30. The van der Waals surface area contributed by atoms with E-state index in [4.69, 9.17) is 4.74 Å². The molecule has 41 heavy (non-hydrogen) atoms. The van der Waals surface area contributed by atoms with Crippen molar-refractivity contribution in [2.75, 3.05) is 12.9 Å². The highest BCUT2D eigenvalue weighted by Crippen LogP contribution is 2.41. The lowest BCUT2D eigenvalue weighted by Gasteiger charge is -2.14.